The van der Waals surface area contributed by atoms with Gasteiger partial charge < -0.3 is 24.9 Å². The van der Waals surface area contributed by atoms with Gasteiger partial charge in [0.15, 0.2) is 11.4 Å². The first-order valence-electron chi connectivity index (χ1n) is 6.24. The summed E-state index contributed by atoms with van der Waals surface area (Å²) in [5.41, 5.74) is 2.39. The van der Waals surface area contributed by atoms with E-state index in [9.17, 15) is 14.7 Å². The molecule has 1 unspecified atom stereocenters. The number of ether oxygens (including phenoxy) is 2. The largest absolute Gasteiger partial charge is 0.502 e. The van der Waals surface area contributed by atoms with E-state index >= 15 is 0 Å². The summed E-state index contributed by atoms with van der Waals surface area (Å²) >= 11 is 0. The van der Waals surface area contributed by atoms with Gasteiger partial charge in [-0.05, 0) is 0 Å². The monoisotopic (exact) mass is 281 g/mol. The third-order valence-electron chi connectivity index (χ3n) is 3.47. The molecule has 0 radical (unpaired) electrons. The number of aromatic nitrogens is 1. The van der Waals surface area contributed by atoms with Crippen molar-refractivity contribution in [1.29, 1.82) is 0 Å². The van der Waals surface area contributed by atoms with Crippen LogP contribution in [0.25, 0.3) is 0 Å². The van der Waals surface area contributed by atoms with E-state index in [0.29, 0.717) is 19.8 Å². The van der Waals surface area contributed by atoms with Gasteiger partial charge in [-0.15, -0.1) is 0 Å². The van der Waals surface area contributed by atoms with Gasteiger partial charge in [-0.25, -0.2) is 0 Å². The zero-order chi connectivity index (χ0) is 14.3. The van der Waals surface area contributed by atoms with Crippen LogP contribution in [0.1, 0.15) is 10.5 Å². The molecule has 1 aromatic rings. The summed E-state index contributed by atoms with van der Waals surface area (Å²) in [6, 6.07) is 0.938. The molecular formula is C12H15N3O5. The SMILES string of the molecule is COCC1COC[C@H]2Nn3ccc(=O)c(O)c3C(=O)N12. The van der Waals surface area contributed by atoms with Crippen molar-refractivity contribution >= 4 is 5.91 Å². The van der Waals surface area contributed by atoms with E-state index < -0.39 is 17.1 Å². The van der Waals surface area contributed by atoms with E-state index in [4.69, 9.17) is 9.47 Å². The van der Waals surface area contributed by atoms with Crippen LogP contribution in [0.4, 0.5) is 0 Å². The lowest BCUT2D eigenvalue weighted by molar-refractivity contribution is -0.0557. The van der Waals surface area contributed by atoms with Crippen molar-refractivity contribution in [3.63, 3.8) is 0 Å². The Morgan fingerprint density at radius 2 is 2.30 bits per heavy atom. The molecule has 3 rings (SSSR count). The van der Waals surface area contributed by atoms with Crippen molar-refractivity contribution in [1.82, 2.24) is 9.58 Å². The maximum Gasteiger partial charge on any atom is 0.278 e. The smallest absolute Gasteiger partial charge is 0.278 e. The Morgan fingerprint density at radius 3 is 3.05 bits per heavy atom. The fraction of sp³-hybridized carbons (Fsp3) is 0.500. The number of morpholine rings is 1. The number of nitrogens with zero attached hydrogens (tertiary/aromatic N) is 2. The van der Waals surface area contributed by atoms with Gasteiger partial charge in [0.05, 0.1) is 25.9 Å². The molecule has 8 heteroatoms. The maximum atomic E-state index is 12.6. The van der Waals surface area contributed by atoms with Crippen LogP contribution in [0.15, 0.2) is 17.1 Å². The van der Waals surface area contributed by atoms with E-state index in [2.05, 4.69) is 5.43 Å². The Hall–Kier alpha value is -2.06. The van der Waals surface area contributed by atoms with Gasteiger partial charge >= 0.3 is 0 Å². The highest BCUT2D eigenvalue weighted by atomic mass is 16.5. The van der Waals surface area contributed by atoms with Crippen LogP contribution in [0.5, 0.6) is 5.75 Å². The summed E-state index contributed by atoms with van der Waals surface area (Å²) in [5.74, 6) is -0.958. The second kappa shape index (κ2) is 4.80. The second-order valence-corrected chi connectivity index (χ2v) is 4.75. The zero-order valence-corrected chi connectivity index (χ0v) is 10.9. The summed E-state index contributed by atoms with van der Waals surface area (Å²) < 4.78 is 11.9. The standard InChI is InChI=1S/C12H15N3O5/c1-19-4-7-5-20-6-9-13-14-3-2-8(16)11(17)10(14)12(18)15(7)9/h2-3,7,9,13,17H,4-6H2,1H3/t7?,9-/m0/s1. The van der Waals surface area contributed by atoms with Gasteiger partial charge in [-0.2, -0.15) is 0 Å². The fourth-order valence-corrected chi connectivity index (χ4v) is 2.58. The molecule has 2 atom stereocenters. The van der Waals surface area contributed by atoms with E-state index in [1.54, 1.807) is 12.0 Å². The molecule has 3 heterocycles. The number of hydrogen-bond donors (Lipinski definition) is 2. The number of amides is 1. The van der Waals surface area contributed by atoms with Crippen LogP contribution in [0.2, 0.25) is 0 Å². The van der Waals surface area contributed by atoms with Crippen LogP contribution in [0, 0.1) is 0 Å². The van der Waals surface area contributed by atoms with E-state index in [1.807, 2.05) is 0 Å². The summed E-state index contributed by atoms with van der Waals surface area (Å²) in [5, 5.41) is 9.84. The zero-order valence-electron chi connectivity index (χ0n) is 10.9. The average molecular weight is 281 g/mol. The lowest BCUT2D eigenvalue weighted by Gasteiger charge is -2.45. The molecular weight excluding hydrogens is 266 g/mol. The number of carbonyl (C=O) groups excluding carboxylic acids is 1. The molecule has 0 saturated carbocycles. The van der Waals surface area contributed by atoms with Crippen LogP contribution in [-0.2, 0) is 9.47 Å². The normalized spacial score (nSPS) is 24.9. The molecule has 2 N–H and O–H groups in total. The number of hydrogen-bond acceptors (Lipinski definition) is 6. The van der Waals surface area contributed by atoms with Gasteiger partial charge in [0, 0.05) is 19.4 Å². The van der Waals surface area contributed by atoms with E-state index in [1.165, 1.54) is 16.9 Å². The first-order chi connectivity index (χ1) is 9.63. The molecule has 2 aliphatic rings. The van der Waals surface area contributed by atoms with Crippen LogP contribution in [0.3, 0.4) is 0 Å². The van der Waals surface area contributed by atoms with Crippen molar-refractivity contribution in [2.45, 2.75) is 12.2 Å². The Labute approximate surface area is 114 Å². The van der Waals surface area contributed by atoms with Crippen molar-refractivity contribution < 1.29 is 19.4 Å². The molecule has 1 amide bonds. The van der Waals surface area contributed by atoms with Gasteiger partial charge in [0.2, 0.25) is 5.43 Å². The quantitative estimate of drug-likeness (QED) is 0.716. The number of nitrogens with one attached hydrogen (secondary N) is 1. The van der Waals surface area contributed by atoms with Crippen LogP contribution >= 0.6 is 0 Å². The van der Waals surface area contributed by atoms with E-state index in [0.717, 1.165) is 0 Å². The molecule has 1 aromatic heterocycles. The highest BCUT2D eigenvalue weighted by Gasteiger charge is 2.41. The predicted molar refractivity (Wildman–Crippen MR) is 68.2 cm³/mol. The fourth-order valence-electron chi connectivity index (χ4n) is 2.58. The molecule has 20 heavy (non-hydrogen) atoms. The molecule has 1 fully saturated rings. The summed E-state index contributed by atoms with van der Waals surface area (Å²) in [4.78, 5) is 25.6. The van der Waals surface area contributed by atoms with Gasteiger partial charge in [0.25, 0.3) is 5.91 Å². The molecule has 1 saturated heterocycles. The second-order valence-electron chi connectivity index (χ2n) is 4.75. The number of fused-ring (bicyclic) bond motifs is 2. The van der Waals surface area contributed by atoms with Crippen molar-refractivity contribution in [3.05, 3.63) is 28.2 Å². The summed E-state index contributed by atoms with van der Waals surface area (Å²) in [7, 11) is 1.54. The number of rotatable bonds is 2. The lowest BCUT2D eigenvalue weighted by Crippen LogP contribution is -2.64. The molecule has 8 nitrogen and oxygen atoms in total. The molecule has 0 spiro atoms. The Kier molecular flexibility index (Phi) is 3.11. The number of aromatic hydroxyl groups is 1. The third-order valence-corrected chi connectivity index (χ3v) is 3.47. The van der Waals surface area contributed by atoms with Crippen LogP contribution in [-0.4, -0.2) is 59.7 Å². The highest BCUT2D eigenvalue weighted by molar-refractivity contribution is 5.96. The first kappa shape index (κ1) is 12.9. The van der Waals surface area contributed by atoms with E-state index in [-0.39, 0.29) is 17.9 Å². The molecule has 108 valence electrons. The average Bonchev–Trinajstić information content (AvgIpc) is 2.43. The molecule has 0 aliphatic carbocycles. The Bertz CT molecular complexity index is 597. The Balaban J connectivity index is 2.05. The lowest BCUT2D eigenvalue weighted by atomic mass is 10.1. The topological polar surface area (TPSA) is 93.0 Å². The van der Waals surface area contributed by atoms with Crippen LogP contribution < -0.4 is 10.9 Å². The minimum absolute atomic E-state index is 0.0586. The summed E-state index contributed by atoms with van der Waals surface area (Å²) in [6.07, 6.45) is 1.07. The number of methoxy groups -OCH3 is 1. The number of pyridine rings is 1. The Morgan fingerprint density at radius 1 is 1.50 bits per heavy atom. The van der Waals surface area contributed by atoms with Gasteiger partial charge in [-0.3, -0.25) is 14.3 Å². The summed E-state index contributed by atoms with van der Waals surface area (Å²) in [6.45, 7) is 1.01. The third kappa shape index (κ3) is 1.84. The van der Waals surface area contributed by atoms with Crippen molar-refractivity contribution in [2.75, 3.05) is 32.4 Å². The number of carbonyl (C=O) groups is 1. The molecule has 2 aliphatic heterocycles. The minimum atomic E-state index is -0.582. The van der Waals surface area contributed by atoms with Gasteiger partial charge in [-0.1, -0.05) is 0 Å². The molecule has 0 bridgehead atoms. The minimum Gasteiger partial charge on any atom is -0.502 e. The highest BCUT2D eigenvalue weighted by Crippen LogP contribution is 2.24. The van der Waals surface area contributed by atoms with Crippen molar-refractivity contribution in [2.24, 2.45) is 0 Å². The van der Waals surface area contributed by atoms with Crippen molar-refractivity contribution in [3.8, 4) is 5.75 Å². The maximum absolute atomic E-state index is 12.6. The first-order valence-corrected chi connectivity index (χ1v) is 6.24. The molecule has 0 aromatic carbocycles. The predicted octanol–water partition coefficient (Wildman–Crippen LogP) is -1.08. The van der Waals surface area contributed by atoms with Gasteiger partial charge in [0.1, 0.15) is 6.17 Å².